The molecule has 8 heteroatoms. The Morgan fingerprint density at radius 3 is 2.92 bits per heavy atom. The highest BCUT2D eigenvalue weighted by molar-refractivity contribution is 9.10. The summed E-state index contributed by atoms with van der Waals surface area (Å²) in [5.74, 6) is 0.141. The van der Waals surface area contributed by atoms with Crippen molar-refractivity contribution >= 4 is 37.9 Å². The van der Waals surface area contributed by atoms with E-state index in [1.807, 2.05) is 24.3 Å². The lowest BCUT2D eigenvalue weighted by Gasteiger charge is -2.27. The average molecular weight is 417 g/mol. The van der Waals surface area contributed by atoms with Crippen LogP contribution in [-0.2, 0) is 14.6 Å². The Morgan fingerprint density at radius 1 is 1.50 bits per heavy atom. The van der Waals surface area contributed by atoms with Gasteiger partial charge in [0.1, 0.15) is 0 Å². The van der Waals surface area contributed by atoms with Crippen molar-refractivity contribution in [2.24, 2.45) is 0 Å². The van der Waals surface area contributed by atoms with Crippen molar-refractivity contribution < 1.29 is 17.9 Å². The van der Waals surface area contributed by atoms with E-state index in [1.54, 1.807) is 24.3 Å². The molecule has 1 saturated heterocycles. The molecule has 1 unspecified atom stereocenters. The fourth-order valence-corrected chi connectivity index (χ4v) is 4.71. The van der Waals surface area contributed by atoms with E-state index in [-0.39, 0.29) is 23.6 Å². The Kier molecular flexibility index (Phi) is 6.82. The number of nitrogens with one attached hydrogen (secondary N) is 1. The van der Waals surface area contributed by atoms with Crippen molar-refractivity contribution in [3.63, 3.8) is 0 Å². The van der Waals surface area contributed by atoms with Gasteiger partial charge in [0.2, 0.25) is 0 Å². The Hall–Kier alpha value is -1.38. The normalized spacial score (nSPS) is 19.5. The van der Waals surface area contributed by atoms with Crippen molar-refractivity contribution in [1.29, 1.82) is 0 Å². The summed E-state index contributed by atoms with van der Waals surface area (Å²) in [7, 11) is -1.50. The molecule has 1 aliphatic heterocycles. The molecule has 0 spiro atoms. The number of methoxy groups -OCH3 is 1. The zero-order valence-electron chi connectivity index (χ0n) is 13.4. The van der Waals surface area contributed by atoms with Crippen LogP contribution < -0.4 is 5.32 Å². The highest BCUT2D eigenvalue weighted by atomic mass is 79.9. The third-order valence-corrected chi connectivity index (χ3v) is 6.02. The molecular formula is C16H21BrN2O4S. The summed E-state index contributed by atoms with van der Waals surface area (Å²) >= 11 is 3.39. The Bertz CT molecular complexity index is 706. The number of hydrogen-bond donors (Lipinski definition) is 1. The maximum absolute atomic E-state index is 12.4. The van der Waals surface area contributed by atoms with Crippen LogP contribution in [0.15, 0.2) is 34.9 Å². The number of urea groups is 1. The minimum Gasteiger partial charge on any atom is -0.383 e. The monoisotopic (exact) mass is 416 g/mol. The lowest BCUT2D eigenvalue weighted by atomic mass is 10.2. The molecule has 0 aliphatic carbocycles. The van der Waals surface area contributed by atoms with Crippen molar-refractivity contribution in [3.05, 3.63) is 40.5 Å². The van der Waals surface area contributed by atoms with Crippen molar-refractivity contribution in [3.8, 4) is 0 Å². The number of rotatable bonds is 6. The molecule has 1 N–H and O–H groups in total. The largest absolute Gasteiger partial charge is 0.383 e. The highest BCUT2D eigenvalue weighted by Crippen LogP contribution is 2.18. The second kappa shape index (κ2) is 8.64. The standard InChI is InChI=1S/C16H21BrN2O4S/c1-23-9-8-19(15-6-10-24(21,22)12-15)16(20)18-7-5-13-3-2-4-14(17)11-13/h2-5,7,11,15H,6,8-10,12H2,1H3,(H,18,20)/b7-5+. The zero-order valence-corrected chi connectivity index (χ0v) is 15.8. The topological polar surface area (TPSA) is 75.7 Å². The number of amides is 2. The Labute approximate surface area is 150 Å². The van der Waals surface area contributed by atoms with E-state index < -0.39 is 9.84 Å². The first kappa shape index (κ1) is 19.0. The summed E-state index contributed by atoms with van der Waals surface area (Å²) < 4.78 is 29.3. The van der Waals surface area contributed by atoms with E-state index in [4.69, 9.17) is 4.74 Å². The minimum atomic E-state index is -3.05. The molecule has 0 bridgehead atoms. The summed E-state index contributed by atoms with van der Waals surface area (Å²) in [6.07, 6.45) is 3.81. The highest BCUT2D eigenvalue weighted by Gasteiger charge is 2.34. The third kappa shape index (κ3) is 5.61. The summed E-state index contributed by atoms with van der Waals surface area (Å²) in [6, 6.07) is 7.04. The molecule has 1 aromatic carbocycles. The van der Waals surface area contributed by atoms with E-state index in [0.29, 0.717) is 19.6 Å². The summed E-state index contributed by atoms with van der Waals surface area (Å²) in [4.78, 5) is 13.9. The van der Waals surface area contributed by atoms with E-state index in [1.165, 1.54) is 0 Å². The molecule has 1 fully saturated rings. The van der Waals surface area contributed by atoms with Crippen LogP contribution in [0.5, 0.6) is 0 Å². The molecule has 1 aromatic rings. The number of nitrogens with zero attached hydrogens (tertiary/aromatic N) is 1. The van der Waals surface area contributed by atoms with Crippen LogP contribution in [-0.4, -0.2) is 57.2 Å². The van der Waals surface area contributed by atoms with Gasteiger partial charge in [0.25, 0.3) is 0 Å². The quantitative estimate of drug-likeness (QED) is 0.771. The van der Waals surface area contributed by atoms with Crippen molar-refractivity contribution in [2.45, 2.75) is 12.5 Å². The lowest BCUT2D eigenvalue weighted by molar-refractivity contribution is 0.135. The van der Waals surface area contributed by atoms with Crippen LogP contribution in [0.2, 0.25) is 0 Å². The van der Waals surface area contributed by atoms with Gasteiger partial charge in [-0.25, -0.2) is 13.2 Å². The van der Waals surface area contributed by atoms with E-state index in [9.17, 15) is 13.2 Å². The molecule has 24 heavy (non-hydrogen) atoms. The van der Waals surface area contributed by atoms with Gasteiger partial charge in [0, 0.05) is 30.4 Å². The maximum atomic E-state index is 12.4. The van der Waals surface area contributed by atoms with Crippen molar-refractivity contribution in [2.75, 3.05) is 31.8 Å². The summed E-state index contributed by atoms with van der Waals surface area (Å²) in [6.45, 7) is 0.715. The van der Waals surface area contributed by atoms with E-state index in [2.05, 4.69) is 21.2 Å². The van der Waals surface area contributed by atoms with Crippen LogP contribution >= 0.6 is 15.9 Å². The summed E-state index contributed by atoms with van der Waals surface area (Å²) in [5, 5.41) is 2.70. The number of benzene rings is 1. The number of carbonyl (C=O) groups is 1. The van der Waals surface area contributed by atoms with E-state index >= 15 is 0 Å². The molecule has 1 aliphatic rings. The Morgan fingerprint density at radius 2 is 2.29 bits per heavy atom. The summed E-state index contributed by atoms with van der Waals surface area (Å²) in [5.41, 5.74) is 0.941. The maximum Gasteiger partial charge on any atom is 0.321 e. The fraction of sp³-hybridized carbons (Fsp3) is 0.438. The lowest BCUT2D eigenvalue weighted by Crippen LogP contribution is -2.46. The van der Waals surface area contributed by atoms with Crippen LogP contribution in [0.4, 0.5) is 4.79 Å². The molecular weight excluding hydrogens is 396 g/mol. The first-order chi connectivity index (χ1) is 11.4. The first-order valence-corrected chi connectivity index (χ1v) is 10.2. The molecule has 0 radical (unpaired) electrons. The molecule has 2 amide bonds. The van der Waals surface area contributed by atoms with Gasteiger partial charge in [-0.15, -0.1) is 0 Å². The van der Waals surface area contributed by atoms with Gasteiger partial charge in [0.05, 0.1) is 18.1 Å². The van der Waals surface area contributed by atoms with Gasteiger partial charge < -0.3 is 15.0 Å². The van der Waals surface area contributed by atoms with Crippen LogP contribution in [0.1, 0.15) is 12.0 Å². The minimum absolute atomic E-state index is 0.0134. The smallest absolute Gasteiger partial charge is 0.321 e. The van der Waals surface area contributed by atoms with Crippen molar-refractivity contribution in [1.82, 2.24) is 10.2 Å². The predicted molar refractivity (Wildman–Crippen MR) is 97.3 cm³/mol. The Balaban J connectivity index is 1.99. The van der Waals surface area contributed by atoms with Gasteiger partial charge >= 0.3 is 6.03 Å². The fourth-order valence-electron chi connectivity index (χ4n) is 2.56. The van der Waals surface area contributed by atoms with Gasteiger partial charge in [0.15, 0.2) is 9.84 Å². The van der Waals surface area contributed by atoms with Gasteiger partial charge in [-0.1, -0.05) is 28.1 Å². The van der Waals surface area contributed by atoms with E-state index in [0.717, 1.165) is 10.0 Å². The zero-order chi connectivity index (χ0) is 17.6. The SMILES string of the molecule is COCCN(C(=O)N/C=C/c1cccc(Br)c1)C1CCS(=O)(=O)C1. The van der Waals surface area contributed by atoms with Gasteiger partial charge in [-0.05, 0) is 30.2 Å². The number of halogens is 1. The first-order valence-electron chi connectivity index (χ1n) is 7.60. The van der Waals surface area contributed by atoms with Crippen LogP contribution in [0.3, 0.4) is 0 Å². The second-order valence-electron chi connectivity index (χ2n) is 5.58. The molecule has 6 nitrogen and oxygen atoms in total. The van der Waals surface area contributed by atoms with Crippen LogP contribution in [0.25, 0.3) is 6.08 Å². The average Bonchev–Trinajstić information content (AvgIpc) is 2.88. The van der Waals surface area contributed by atoms with Gasteiger partial charge in [-0.2, -0.15) is 0 Å². The molecule has 0 saturated carbocycles. The molecule has 2 rings (SSSR count). The third-order valence-electron chi connectivity index (χ3n) is 3.78. The predicted octanol–water partition coefficient (Wildman–Crippen LogP) is 2.26. The number of ether oxygens (including phenoxy) is 1. The molecule has 132 valence electrons. The number of hydrogen-bond acceptors (Lipinski definition) is 4. The van der Waals surface area contributed by atoms with Gasteiger partial charge in [-0.3, -0.25) is 0 Å². The molecule has 1 heterocycles. The van der Waals surface area contributed by atoms with Crippen LogP contribution in [0, 0.1) is 0 Å². The molecule has 0 aromatic heterocycles. The second-order valence-corrected chi connectivity index (χ2v) is 8.73. The number of carbonyl (C=O) groups excluding carboxylic acids is 1. The molecule has 1 atom stereocenters. The number of sulfone groups is 1.